The molecule has 1 amide bonds. The number of rotatable bonds is 4. The van der Waals surface area contributed by atoms with E-state index in [1.807, 2.05) is 35.5 Å². The maximum atomic E-state index is 13.9. The number of ether oxygens (including phenoxy) is 1. The summed E-state index contributed by atoms with van der Waals surface area (Å²) in [6.07, 6.45) is 4.16. The SMILES string of the molecule is COc1ccccc1C1CC2C(=O)N(Cc3ccccc3F)C=CN2N1. The first-order valence-corrected chi connectivity index (χ1v) is 8.57. The second kappa shape index (κ2) is 6.80. The van der Waals surface area contributed by atoms with Gasteiger partial charge in [0.2, 0.25) is 0 Å². The quantitative estimate of drug-likeness (QED) is 0.918. The van der Waals surface area contributed by atoms with Crippen molar-refractivity contribution in [2.75, 3.05) is 7.11 Å². The van der Waals surface area contributed by atoms with Gasteiger partial charge in [0.15, 0.2) is 0 Å². The van der Waals surface area contributed by atoms with Gasteiger partial charge in [-0.2, -0.15) is 0 Å². The number of amides is 1. The molecule has 2 aliphatic rings. The van der Waals surface area contributed by atoms with Crippen molar-refractivity contribution in [3.8, 4) is 5.75 Å². The maximum absolute atomic E-state index is 13.9. The molecule has 0 aliphatic carbocycles. The van der Waals surface area contributed by atoms with Gasteiger partial charge < -0.3 is 14.6 Å². The predicted molar refractivity (Wildman–Crippen MR) is 95.2 cm³/mol. The molecular weight excluding hydrogens is 333 g/mol. The first-order chi connectivity index (χ1) is 12.7. The Bertz CT molecular complexity index is 854. The van der Waals surface area contributed by atoms with Crippen molar-refractivity contribution in [2.24, 2.45) is 0 Å². The molecule has 1 N–H and O–H groups in total. The van der Waals surface area contributed by atoms with E-state index in [4.69, 9.17) is 4.74 Å². The standard InChI is InChI=1S/C20H20FN3O2/c1-26-19-9-5-3-7-15(19)17-12-18-20(25)23(10-11-24(18)22-17)13-14-6-2-4-8-16(14)21/h2-11,17-18,22H,12-13H2,1H3. The van der Waals surface area contributed by atoms with Gasteiger partial charge in [0.25, 0.3) is 5.91 Å². The third-order valence-corrected chi connectivity index (χ3v) is 4.89. The molecule has 0 spiro atoms. The van der Waals surface area contributed by atoms with E-state index < -0.39 is 0 Å². The number of benzene rings is 2. The minimum absolute atomic E-state index is 0.0156. The van der Waals surface area contributed by atoms with Gasteiger partial charge in [-0.1, -0.05) is 36.4 Å². The van der Waals surface area contributed by atoms with E-state index in [9.17, 15) is 9.18 Å². The zero-order valence-corrected chi connectivity index (χ0v) is 14.4. The van der Waals surface area contributed by atoms with Crippen LogP contribution in [0, 0.1) is 5.82 Å². The van der Waals surface area contributed by atoms with Crippen LogP contribution in [0.3, 0.4) is 0 Å². The van der Waals surface area contributed by atoms with Gasteiger partial charge in [-0.25, -0.2) is 9.82 Å². The smallest absolute Gasteiger partial charge is 0.251 e. The Morgan fingerprint density at radius 2 is 1.92 bits per heavy atom. The highest BCUT2D eigenvalue weighted by molar-refractivity contribution is 5.84. The second-order valence-electron chi connectivity index (χ2n) is 6.44. The van der Waals surface area contributed by atoms with Crippen LogP contribution < -0.4 is 10.2 Å². The summed E-state index contributed by atoms with van der Waals surface area (Å²) in [4.78, 5) is 14.5. The van der Waals surface area contributed by atoms with Crippen molar-refractivity contribution in [1.82, 2.24) is 15.3 Å². The first-order valence-electron chi connectivity index (χ1n) is 8.57. The van der Waals surface area contributed by atoms with Gasteiger partial charge in [-0.15, -0.1) is 0 Å². The Labute approximate surface area is 151 Å². The van der Waals surface area contributed by atoms with Gasteiger partial charge >= 0.3 is 0 Å². The van der Waals surface area contributed by atoms with Crippen LogP contribution in [0.1, 0.15) is 23.6 Å². The third kappa shape index (κ3) is 2.93. The molecule has 0 saturated carbocycles. The Morgan fingerprint density at radius 1 is 1.15 bits per heavy atom. The molecule has 26 heavy (non-hydrogen) atoms. The van der Waals surface area contributed by atoms with Crippen LogP contribution in [0.25, 0.3) is 0 Å². The lowest BCUT2D eigenvalue weighted by Crippen LogP contribution is -2.47. The molecule has 6 heteroatoms. The van der Waals surface area contributed by atoms with Crippen molar-refractivity contribution >= 4 is 5.91 Å². The summed E-state index contributed by atoms with van der Waals surface area (Å²) < 4.78 is 19.3. The van der Waals surface area contributed by atoms with Gasteiger partial charge in [-0.3, -0.25) is 4.79 Å². The lowest BCUT2D eigenvalue weighted by atomic mass is 10.00. The van der Waals surface area contributed by atoms with E-state index in [0.717, 1.165) is 11.3 Å². The van der Waals surface area contributed by atoms with Gasteiger partial charge in [-0.05, 0) is 18.6 Å². The highest BCUT2D eigenvalue weighted by Gasteiger charge is 2.40. The molecule has 1 saturated heterocycles. The monoisotopic (exact) mass is 353 g/mol. The van der Waals surface area contributed by atoms with Crippen LogP contribution in [0.4, 0.5) is 4.39 Å². The number of carbonyl (C=O) groups is 1. The Hall–Kier alpha value is -2.86. The molecular formula is C20H20FN3O2. The van der Waals surface area contributed by atoms with E-state index in [-0.39, 0.29) is 30.4 Å². The van der Waals surface area contributed by atoms with Gasteiger partial charge in [0.05, 0.1) is 19.7 Å². The van der Waals surface area contributed by atoms with E-state index in [1.54, 1.807) is 36.4 Å². The van der Waals surface area contributed by atoms with E-state index in [0.29, 0.717) is 12.0 Å². The van der Waals surface area contributed by atoms with Gasteiger partial charge in [0, 0.05) is 23.5 Å². The van der Waals surface area contributed by atoms with E-state index >= 15 is 0 Å². The Morgan fingerprint density at radius 3 is 2.73 bits per heavy atom. The third-order valence-electron chi connectivity index (χ3n) is 4.89. The summed E-state index contributed by atoms with van der Waals surface area (Å²) in [5.74, 6) is 0.456. The number of methoxy groups -OCH3 is 1. The zero-order valence-electron chi connectivity index (χ0n) is 14.4. The highest BCUT2D eigenvalue weighted by atomic mass is 19.1. The molecule has 2 unspecified atom stereocenters. The van der Waals surface area contributed by atoms with Crippen molar-refractivity contribution in [3.63, 3.8) is 0 Å². The predicted octanol–water partition coefficient (Wildman–Crippen LogP) is 2.97. The molecule has 2 heterocycles. The zero-order chi connectivity index (χ0) is 18.1. The number of halogens is 1. The number of hydrazine groups is 1. The summed E-state index contributed by atoms with van der Waals surface area (Å²) in [7, 11) is 1.64. The van der Waals surface area contributed by atoms with Crippen LogP contribution in [0.5, 0.6) is 5.75 Å². The molecule has 0 radical (unpaired) electrons. The number of fused-ring (bicyclic) bond motifs is 1. The molecule has 2 aromatic carbocycles. The molecule has 1 fully saturated rings. The molecule has 2 aromatic rings. The molecule has 134 valence electrons. The normalized spacial score (nSPS) is 21.8. The largest absolute Gasteiger partial charge is 0.496 e. The summed E-state index contributed by atoms with van der Waals surface area (Å²) in [5, 5.41) is 1.83. The molecule has 2 atom stereocenters. The fraction of sp³-hybridized carbons (Fsp3) is 0.250. The summed E-state index contributed by atoms with van der Waals surface area (Å²) in [6, 6.07) is 14.0. The minimum Gasteiger partial charge on any atom is -0.496 e. The average Bonchev–Trinajstić information content (AvgIpc) is 3.10. The van der Waals surface area contributed by atoms with Crippen LogP contribution in [-0.4, -0.2) is 29.0 Å². The van der Waals surface area contributed by atoms with Crippen molar-refractivity contribution in [2.45, 2.75) is 25.0 Å². The van der Waals surface area contributed by atoms with Crippen molar-refractivity contribution in [1.29, 1.82) is 0 Å². The average molecular weight is 353 g/mol. The number of carbonyl (C=O) groups excluding carboxylic acids is 1. The first kappa shape index (κ1) is 16.6. The number of hydrogen-bond acceptors (Lipinski definition) is 4. The van der Waals surface area contributed by atoms with E-state index in [2.05, 4.69) is 5.43 Å². The van der Waals surface area contributed by atoms with Crippen LogP contribution in [0.2, 0.25) is 0 Å². The summed E-state index contributed by atoms with van der Waals surface area (Å²) in [5.41, 5.74) is 4.88. The second-order valence-corrected chi connectivity index (χ2v) is 6.44. The van der Waals surface area contributed by atoms with Crippen molar-refractivity contribution < 1.29 is 13.9 Å². The Kier molecular flexibility index (Phi) is 4.34. The molecule has 4 rings (SSSR count). The number of para-hydroxylation sites is 1. The minimum atomic E-state index is -0.318. The molecule has 2 aliphatic heterocycles. The van der Waals surface area contributed by atoms with Crippen molar-refractivity contribution in [3.05, 3.63) is 77.9 Å². The van der Waals surface area contributed by atoms with E-state index in [1.165, 1.54) is 6.07 Å². The number of nitrogens with zero attached hydrogens (tertiary/aromatic N) is 2. The highest BCUT2D eigenvalue weighted by Crippen LogP contribution is 2.35. The molecule has 0 bridgehead atoms. The number of nitrogens with one attached hydrogen (secondary N) is 1. The number of hydrogen-bond donors (Lipinski definition) is 1. The van der Waals surface area contributed by atoms with Gasteiger partial charge in [0.1, 0.15) is 17.6 Å². The topological polar surface area (TPSA) is 44.8 Å². The summed E-state index contributed by atoms with van der Waals surface area (Å²) >= 11 is 0. The summed E-state index contributed by atoms with van der Waals surface area (Å²) in [6.45, 7) is 0.228. The van der Waals surface area contributed by atoms with Crippen LogP contribution >= 0.6 is 0 Å². The fourth-order valence-electron chi connectivity index (χ4n) is 3.53. The maximum Gasteiger partial charge on any atom is 0.251 e. The fourth-order valence-corrected chi connectivity index (χ4v) is 3.53. The lowest BCUT2D eigenvalue weighted by molar-refractivity contribution is -0.135. The molecule has 0 aromatic heterocycles. The molecule has 5 nitrogen and oxygen atoms in total. The van der Waals surface area contributed by atoms with Crippen LogP contribution in [0.15, 0.2) is 60.9 Å². The lowest BCUT2D eigenvalue weighted by Gasteiger charge is -2.31. The Balaban J connectivity index is 1.52. The van der Waals surface area contributed by atoms with Crippen LogP contribution in [-0.2, 0) is 11.3 Å².